The fraction of sp³-hybridized carbons (Fsp3) is 0.423. The minimum absolute atomic E-state index is 0.0844. The lowest BCUT2D eigenvalue weighted by molar-refractivity contribution is -0.154. The number of piperidine rings is 1. The number of hydrogen-bond donors (Lipinski definition) is 1. The van der Waals surface area contributed by atoms with E-state index < -0.39 is 5.41 Å². The lowest BCUT2D eigenvalue weighted by Crippen LogP contribution is -2.56. The van der Waals surface area contributed by atoms with E-state index in [0.717, 1.165) is 30.4 Å². The van der Waals surface area contributed by atoms with E-state index in [0.29, 0.717) is 28.1 Å². The molecule has 0 spiro atoms. The number of hydrogen-bond acceptors (Lipinski definition) is 2. The number of likely N-dealkylation sites (tertiary alicyclic amines) is 1. The zero-order chi connectivity index (χ0) is 22.2. The standard InChI is InChI=1S/C26H29Cl2NOS/c1-3-13-26(2)15-22(19-5-4-6-21(28)14-19)24(18-9-11-20(27)12-10-18)29(25(26)30)23(16-31)17-7-8-17/h3-6,9-12,14,17,22-24,31H,1,7-8,13,15-16H2,2H3/t22-,23-,24-,26+/m1/s1. The molecule has 1 saturated carbocycles. The third-order valence-corrected chi connectivity index (χ3v) is 7.76. The molecule has 2 aromatic rings. The molecule has 4 atom stereocenters. The molecule has 1 aliphatic heterocycles. The summed E-state index contributed by atoms with van der Waals surface area (Å²) in [5.41, 5.74) is 1.76. The second kappa shape index (κ2) is 9.21. The molecule has 1 saturated heterocycles. The third-order valence-electron chi connectivity index (χ3n) is 6.90. The summed E-state index contributed by atoms with van der Waals surface area (Å²) in [6, 6.07) is 16.1. The summed E-state index contributed by atoms with van der Waals surface area (Å²) in [5.74, 6) is 1.50. The molecule has 2 fully saturated rings. The monoisotopic (exact) mass is 473 g/mol. The SMILES string of the molecule is C=CC[C@@]1(C)C[C@H](c2cccc(Cl)c2)[C@@H](c2ccc(Cl)cc2)N([C@H](CS)C2CC2)C1=O. The smallest absolute Gasteiger partial charge is 0.229 e. The van der Waals surface area contributed by atoms with Crippen LogP contribution in [0.25, 0.3) is 0 Å². The first-order chi connectivity index (χ1) is 14.9. The Balaban J connectivity index is 1.89. The van der Waals surface area contributed by atoms with Crippen molar-refractivity contribution in [2.45, 2.75) is 50.6 Å². The Morgan fingerprint density at radius 1 is 1.16 bits per heavy atom. The largest absolute Gasteiger partial charge is 0.330 e. The maximum atomic E-state index is 14.1. The Morgan fingerprint density at radius 2 is 1.87 bits per heavy atom. The number of thiol groups is 1. The van der Waals surface area contributed by atoms with Gasteiger partial charge in [-0.05, 0) is 67.0 Å². The van der Waals surface area contributed by atoms with Gasteiger partial charge >= 0.3 is 0 Å². The Labute approximate surface area is 201 Å². The quantitative estimate of drug-likeness (QED) is 0.329. The summed E-state index contributed by atoms with van der Waals surface area (Å²) < 4.78 is 0. The topological polar surface area (TPSA) is 20.3 Å². The summed E-state index contributed by atoms with van der Waals surface area (Å²) in [6.45, 7) is 6.03. The van der Waals surface area contributed by atoms with Gasteiger partial charge in [-0.15, -0.1) is 6.58 Å². The first-order valence-corrected chi connectivity index (χ1v) is 12.3. The first-order valence-electron chi connectivity index (χ1n) is 10.9. The van der Waals surface area contributed by atoms with Crippen LogP contribution >= 0.6 is 35.8 Å². The van der Waals surface area contributed by atoms with Gasteiger partial charge in [-0.1, -0.05) is 60.5 Å². The molecule has 1 amide bonds. The second-order valence-electron chi connectivity index (χ2n) is 9.22. The van der Waals surface area contributed by atoms with Crippen molar-refractivity contribution in [1.82, 2.24) is 4.90 Å². The molecule has 164 valence electrons. The number of allylic oxidation sites excluding steroid dienone is 1. The summed E-state index contributed by atoms with van der Waals surface area (Å²) >= 11 is 17.3. The van der Waals surface area contributed by atoms with Gasteiger partial charge in [0.2, 0.25) is 5.91 Å². The van der Waals surface area contributed by atoms with Crippen LogP contribution in [0.1, 0.15) is 55.7 Å². The average Bonchev–Trinajstić information content (AvgIpc) is 3.58. The third kappa shape index (κ3) is 4.55. The van der Waals surface area contributed by atoms with Crippen molar-refractivity contribution in [1.29, 1.82) is 0 Å². The maximum absolute atomic E-state index is 14.1. The maximum Gasteiger partial charge on any atom is 0.229 e. The highest BCUT2D eigenvalue weighted by Crippen LogP contribution is 2.54. The Kier molecular flexibility index (Phi) is 6.76. The molecular formula is C26H29Cl2NOS. The van der Waals surface area contributed by atoms with Crippen LogP contribution in [0.3, 0.4) is 0 Å². The fourth-order valence-corrected chi connectivity index (χ4v) is 6.00. The average molecular weight is 474 g/mol. The van der Waals surface area contributed by atoms with Crippen LogP contribution in [0.4, 0.5) is 0 Å². The van der Waals surface area contributed by atoms with Gasteiger partial charge in [0.1, 0.15) is 0 Å². The number of nitrogens with zero attached hydrogens (tertiary/aromatic N) is 1. The van der Waals surface area contributed by atoms with Gasteiger partial charge in [0.25, 0.3) is 0 Å². The van der Waals surface area contributed by atoms with Gasteiger partial charge in [-0.2, -0.15) is 12.6 Å². The predicted octanol–water partition coefficient (Wildman–Crippen LogP) is 7.34. The summed E-state index contributed by atoms with van der Waals surface area (Å²) in [5, 5.41) is 1.41. The van der Waals surface area contributed by atoms with E-state index in [1.54, 1.807) is 0 Å². The molecule has 0 N–H and O–H groups in total. The lowest BCUT2D eigenvalue weighted by Gasteiger charge is -2.52. The normalized spacial score (nSPS) is 27.2. The van der Waals surface area contributed by atoms with Gasteiger partial charge in [0.15, 0.2) is 0 Å². The number of benzene rings is 2. The van der Waals surface area contributed by atoms with E-state index in [2.05, 4.69) is 36.6 Å². The number of carbonyl (C=O) groups excluding carboxylic acids is 1. The van der Waals surface area contributed by atoms with E-state index in [1.807, 2.05) is 36.4 Å². The molecule has 0 aromatic heterocycles. The molecule has 1 heterocycles. The van der Waals surface area contributed by atoms with Crippen LogP contribution in [0.5, 0.6) is 0 Å². The Hall–Kier alpha value is -1.42. The highest BCUT2D eigenvalue weighted by molar-refractivity contribution is 7.80. The van der Waals surface area contributed by atoms with Crippen molar-refractivity contribution >= 4 is 41.7 Å². The second-order valence-corrected chi connectivity index (χ2v) is 10.5. The van der Waals surface area contributed by atoms with Crippen molar-refractivity contribution in [2.75, 3.05) is 5.75 Å². The zero-order valence-electron chi connectivity index (χ0n) is 17.8. The molecule has 2 aliphatic rings. The molecule has 5 heteroatoms. The number of amides is 1. The van der Waals surface area contributed by atoms with Crippen LogP contribution in [0.2, 0.25) is 10.0 Å². The highest BCUT2D eigenvalue weighted by atomic mass is 35.5. The highest BCUT2D eigenvalue weighted by Gasteiger charge is 2.53. The van der Waals surface area contributed by atoms with Gasteiger partial charge in [0.05, 0.1) is 11.5 Å². The summed E-state index contributed by atoms with van der Waals surface area (Å²) in [4.78, 5) is 16.2. The lowest BCUT2D eigenvalue weighted by atomic mass is 9.67. The predicted molar refractivity (Wildman–Crippen MR) is 133 cm³/mol. The zero-order valence-corrected chi connectivity index (χ0v) is 20.2. The molecule has 0 radical (unpaired) electrons. The molecule has 31 heavy (non-hydrogen) atoms. The van der Waals surface area contributed by atoms with Gasteiger partial charge in [0, 0.05) is 27.8 Å². The molecule has 4 rings (SSSR count). The van der Waals surface area contributed by atoms with Crippen LogP contribution in [-0.2, 0) is 4.79 Å². The minimum atomic E-state index is -0.506. The van der Waals surface area contributed by atoms with E-state index in [-0.39, 0.29) is 23.9 Å². The van der Waals surface area contributed by atoms with Crippen molar-refractivity contribution < 1.29 is 4.79 Å². The number of rotatable bonds is 7. The van der Waals surface area contributed by atoms with Crippen LogP contribution in [0.15, 0.2) is 61.2 Å². The van der Waals surface area contributed by atoms with E-state index in [4.69, 9.17) is 35.8 Å². The van der Waals surface area contributed by atoms with E-state index in [1.165, 1.54) is 0 Å². The van der Waals surface area contributed by atoms with Gasteiger partial charge in [-0.25, -0.2) is 0 Å². The fourth-order valence-electron chi connectivity index (χ4n) is 5.20. The molecule has 2 aromatic carbocycles. The van der Waals surface area contributed by atoms with Crippen LogP contribution in [0, 0.1) is 11.3 Å². The Morgan fingerprint density at radius 3 is 2.45 bits per heavy atom. The molecule has 1 aliphatic carbocycles. The van der Waals surface area contributed by atoms with Crippen molar-refractivity contribution in [3.63, 3.8) is 0 Å². The van der Waals surface area contributed by atoms with Crippen LogP contribution in [-0.4, -0.2) is 22.6 Å². The van der Waals surface area contributed by atoms with E-state index >= 15 is 0 Å². The van der Waals surface area contributed by atoms with Crippen molar-refractivity contribution in [3.8, 4) is 0 Å². The van der Waals surface area contributed by atoms with E-state index in [9.17, 15) is 4.79 Å². The molecule has 0 unspecified atom stereocenters. The molecule has 2 nitrogen and oxygen atoms in total. The number of carbonyl (C=O) groups is 1. The summed E-state index contributed by atoms with van der Waals surface area (Å²) in [7, 11) is 0. The molecular weight excluding hydrogens is 445 g/mol. The van der Waals surface area contributed by atoms with Gasteiger partial charge < -0.3 is 4.90 Å². The Bertz CT molecular complexity index is 958. The first kappa shape index (κ1) is 22.8. The van der Waals surface area contributed by atoms with Gasteiger partial charge in [-0.3, -0.25) is 4.79 Å². The summed E-state index contributed by atoms with van der Waals surface area (Å²) in [6.07, 6.45) is 5.58. The van der Waals surface area contributed by atoms with Crippen LogP contribution < -0.4 is 0 Å². The van der Waals surface area contributed by atoms with Crippen molar-refractivity contribution in [2.24, 2.45) is 11.3 Å². The molecule has 0 bridgehead atoms. The number of halogens is 2. The minimum Gasteiger partial charge on any atom is -0.330 e. The van der Waals surface area contributed by atoms with Crippen molar-refractivity contribution in [3.05, 3.63) is 82.4 Å².